The van der Waals surface area contributed by atoms with Crippen LogP contribution in [0.3, 0.4) is 0 Å². The van der Waals surface area contributed by atoms with E-state index in [0.717, 1.165) is 44.9 Å². The molecule has 0 saturated heterocycles. The van der Waals surface area contributed by atoms with E-state index >= 15 is 0 Å². The van der Waals surface area contributed by atoms with Gasteiger partial charge in [-0.3, -0.25) is 13.8 Å². The number of aliphatic hydroxyl groups is 1. The third kappa shape index (κ3) is 71.8. The van der Waals surface area contributed by atoms with Gasteiger partial charge in [0.15, 0.2) is 0 Å². The molecule has 8 nitrogen and oxygen atoms in total. The van der Waals surface area contributed by atoms with Gasteiger partial charge >= 0.3 is 7.82 Å². The standard InChI is InChI=1S/C78H151N2O6P/c1-6-8-10-12-14-16-18-20-22-24-26-28-30-32-34-36-38-40-42-44-46-48-50-52-54-56-58-60-62-64-66-68-70-72-78(82)79-76(75-86-87(83,84)85-74-73-80(3,4)5)77(81)71-69-67-65-63-61-59-57-55-53-51-49-47-45-43-41-39-37-35-33-31-29-27-25-23-21-19-17-15-13-11-9-7-2/h18,20,24,26,30,32,69,71,76-77,81H,6-17,19,21-23,25,27-29,31,33-68,70,72-75H2,1-5H3,(H-,79,82,83,84)/p+1/b20-18-,26-24-,32-30-,71-69+. The number of carbonyl (C=O) groups is 1. The molecule has 3 atom stereocenters. The molecule has 0 aliphatic rings. The molecule has 0 aromatic heterocycles. The van der Waals surface area contributed by atoms with Gasteiger partial charge in [-0.1, -0.05) is 377 Å². The van der Waals surface area contributed by atoms with Crippen molar-refractivity contribution in [2.45, 2.75) is 405 Å². The van der Waals surface area contributed by atoms with E-state index < -0.39 is 20.0 Å². The maximum Gasteiger partial charge on any atom is 0.472 e. The van der Waals surface area contributed by atoms with Crippen molar-refractivity contribution < 1.29 is 32.9 Å². The van der Waals surface area contributed by atoms with Gasteiger partial charge < -0.3 is 19.8 Å². The number of phosphoric acid groups is 1. The monoisotopic (exact) mass is 1240 g/mol. The van der Waals surface area contributed by atoms with E-state index in [1.54, 1.807) is 6.08 Å². The van der Waals surface area contributed by atoms with Crippen LogP contribution in [0.1, 0.15) is 393 Å². The predicted octanol–water partition coefficient (Wildman–Crippen LogP) is 25.0. The second-order valence-electron chi connectivity index (χ2n) is 27.7. The van der Waals surface area contributed by atoms with Crippen molar-refractivity contribution in [2.24, 2.45) is 0 Å². The minimum atomic E-state index is -4.36. The lowest BCUT2D eigenvalue weighted by atomic mass is 10.0. The maximum absolute atomic E-state index is 13.1. The summed E-state index contributed by atoms with van der Waals surface area (Å²) in [6.07, 6.45) is 94.3. The molecule has 0 bridgehead atoms. The number of aliphatic hydroxyl groups excluding tert-OH is 1. The number of phosphoric ester groups is 1. The second-order valence-corrected chi connectivity index (χ2v) is 29.2. The summed E-state index contributed by atoms with van der Waals surface area (Å²) < 4.78 is 23.9. The molecule has 1 amide bonds. The average molecular weight is 1250 g/mol. The number of carbonyl (C=O) groups excluding carboxylic acids is 1. The van der Waals surface area contributed by atoms with Crippen molar-refractivity contribution in [3.05, 3.63) is 48.6 Å². The number of nitrogens with zero attached hydrogens (tertiary/aromatic N) is 1. The van der Waals surface area contributed by atoms with E-state index in [2.05, 4.69) is 55.6 Å². The molecule has 87 heavy (non-hydrogen) atoms. The predicted molar refractivity (Wildman–Crippen MR) is 383 cm³/mol. The summed E-state index contributed by atoms with van der Waals surface area (Å²) in [4.78, 5) is 23.5. The zero-order valence-corrected chi connectivity index (χ0v) is 59.9. The van der Waals surface area contributed by atoms with Crippen LogP contribution in [0.4, 0.5) is 0 Å². The van der Waals surface area contributed by atoms with Crippen molar-refractivity contribution in [2.75, 3.05) is 40.9 Å². The van der Waals surface area contributed by atoms with Crippen molar-refractivity contribution in [1.29, 1.82) is 0 Å². The fourth-order valence-electron chi connectivity index (χ4n) is 11.8. The number of hydrogen-bond donors (Lipinski definition) is 3. The van der Waals surface area contributed by atoms with Crippen LogP contribution in [0.25, 0.3) is 0 Å². The van der Waals surface area contributed by atoms with E-state index in [-0.39, 0.29) is 19.1 Å². The highest BCUT2D eigenvalue weighted by Crippen LogP contribution is 2.43. The molecule has 0 rings (SSSR count). The number of rotatable bonds is 72. The Bertz CT molecular complexity index is 1560. The molecule has 0 saturated carbocycles. The first-order valence-electron chi connectivity index (χ1n) is 38.5. The van der Waals surface area contributed by atoms with Gasteiger partial charge in [-0.05, 0) is 57.8 Å². The molecular weight excluding hydrogens is 1090 g/mol. The SMILES string of the molecule is CCCCCCC/C=C\C/C=C\C/C=C\CCCCCCCCCCCCCCCCCCCCC(=O)NC(COP(=O)(O)OCC[N+](C)(C)C)C(O)/C=C/CCCCCCCCCCCCCCCCCCCCCCCCCCCCCCCC. The summed E-state index contributed by atoms with van der Waals surface area (Å²) in [5, 5.41) is 14.1. The fraction of sp³-hybridized carbons (Fsp3) is 0.885. The van der Waals surface area contributed by atoms with Gasteiger partial charge in [0.05, 0.1) is 39.9 Å². The Labute approximate surface area is 543 Å². The number of nitrogens with one attached hydrogen (secondary N) is 1. The minimum absolute atomic E-state index is 0.0628. The molecule has 0 fully saturated rings. The molecule has 0 aromatic rings. The topological polar surface area (TPSA) is 105 Å². The number of hydrogen-bond acceptors (Lipinski definition) is 5. The highest BCUT2D eigenvalue weighted by Gasteiger charge is 2.28. The molecule has 3 N–H and O–H groups in total. The van der Waals surface area contributed by atoms with Gasteiger partial charge in [0.2, 0.25) is 5.91 Å². The summed E-state index contributed by atoms with van der Waals surface area (Å²) in [6, 6.07) is -0.849. The second kappa shape index (κ2) is 68.8. The van der Waals surface area contributed by atoms with Crippen molar-refractivity contribution in [3.63, 3.8) is 0 Å². The Balaban J connectivity index is 3.99. The molecule has 0 radical (unpaired) electrons. The molecule has 0 aliphatic carbocycles. The van der Waals surface area contributed by atoms with Crippen molar-refractivity contribution in [3.8, 4) is 0 Å². The lowest BCUT2D eigenvalue weighted by Crippen LogP contribution is -2.45. The molecule has 0 spiro atoms. The Morgan fingerprint density at radius 1 is 0.391 bits per heavy atom. The number of quaternary nitrogens is 1. The highest BCUT2D eigenvalue weighted by molar-refractivity contribution is 7.47. The van der Waals surface area contributed by atoms with Crippen LogP contribution >= 0.6 is 7.82 Å². The molecule has 514 valence electrons. The number of likely N-dealkylation sites (N-methyl/N-ethyl adjacent to an activating group) is 1. The van der Waals surface area contributed by atoms with Crippen LogP contribution in [0, 0.1) is 0 Å². The summed E-state index contributed by atoms with van der Waals surface area (Å²) >= 11 is 0. The molecule has 3 unspecified atom stereocenters. The minimum Gasteiger partial charge on any atom is -0.387 e. The van der Waals surface area contributed by atoms with Crippen LogP contribution in [0.5, 0.6) is 0 Å². The van der Waals surface area contributed by atoms with Crippen LogP contribution in [-0.2, 0) is 18.4 Å². The number of allylic oxidation sites excluding steroid dienone is 7. The van der Waals surface area contributed by atoms with E-state index in [1.165, 1.54) is 327 Å². The van der Waals surface area contributed by atoms with Gasteiger partial charge in [0.1, 0.15) is 13.2 Å². The zero-order valence-electron chi connectivity index (χ0n) is 59.0. The summed E-state index contributed by atoms with van der Waals surface area (Å²) in [6.45, 7) is 4.86. The number of amides is 1. The lowest BCUT2D eigenvalue weighted by Gasteiger charge is -2.25. The van der Waals surface area contributed by atoms with E-state index in [9.17, 15) is 19.4 Å². The average Bonchev–Trinajstić information content (AvgIpc) is 3.71. The third-order valence-electron chi connectivity index (χ3n) is 17.8. The van der Waals surface area contributed by atoms with E-state index in [0.29, 0.717) is 17.4 Å². The fourth-order valence-corrected chi connectivity index (χ4v) is 12.6. The summed E-state index contributed by atoms with van der Waals surface area (Å²) in [7, 11) is 1.59. The largest absolute Gasteiger partial charge is 0.472 e. The molecule has 0 aromatic carbocycles. The normalized spacial score (nSPS) is 13.8. The smallest absolute Gasteiger partial charge is 0.387 e. The van der Waals surface area contributed by atoms with Crippen molar-refractivity contribution >= 4 is 13.7 Å². The first kappa shape index (κ1) is 85.5. The maximum atomic E-state index is 13.1. The summed E-state index contributed by atoms with van der Waals surface area (Å²) in [5.41, 5.74) is 0. The Hall–Kier alpha value is -1.54. The quantitative estimate of drug-likeness (QED) is 0.0243. The molecular formula is C78H152N2O6P+. The first-order chi connectivity index (χ1) is 42.5. The Morgan fingerprint density at radius 2 is 0.655 bits per heavy atom. The van der Waals surface area contributed by atoms with Gasteiger partial charge in [-0.25, -0.2) is 4.57 Å². The molecule has 0 heterocycles. The van der Waals surface area contributed by atoms with Gasteiger partial charge in [-0.15, -0.1) is 0 Å². The van der Waals surface area contributed by atoms with Crippen molar-refractivity contribution in [1.82, 2.24) is 5.32 Å². The van der Waals surface area contributed by atoms with Crippen LogP contribution in [0.15, 0.2) is 48.6 Å². The van der Waals surface area contributed by atoms with E-state index in [4.69, 9.17) is 9.05 Å². The Morgan fingerprint density at radius 3 is 0.954 bits per heavy atom. The lowest BCUT2D eigenvalue weighted by molar-refractivity contribution is -0.870. The number of unbranched alkanes of at least 4 members (excludes halogenated alkanes) is 53. The molecule has 9 heteroatoms. The molecule has 0 aliphatic heterocycles. The van der Waals surface area contributed by atoms with Gasteiger partial charge in [0, 0.05) is 6.42 Å². The third-order valence-corrected chi connectivity index (χ3v) is 18.8. The van der Waals surface area contributed by atoms with Crippen LogP contribution < -0.4 is 5.32 Å². The highest BCUT2D eigenvalue weighted by atomic mass is 31.2. The van der Waals surface area contributed by atoms with Gasteiger partial charge in [0.25, 0.3) is 0 Å². The Kier molecular flexibility index (Phi) is 67.6. The first-order valence-corrected chi connectivity index (χ1v) is 40.0. The zero-order chi connectivity index (χ0) is 63.4. The van der Waals surface area contributed by atoms with Crippen LogP contribution in [-0.4, -0.2) is 73.4 Å². The van der Waals surface area contributed by atoms with Gasteiger partial charge in [-0.2, -0.15) is 0 Å². The van der Waals surface area contributed by atoms with Crippen LogP contribution in [0.2, 0.25) is 0 Å². The van der Waals surface area contributed by atoms with E-state index in [1.807, 2.05) is 27.2 Å². The summed E-state index contributed by atoms with van der Waals surface area (Å²) in [5.74, 6) is -0.170.